The van der Waals surface area contributed by atoms with Gasteiger partial charge < -0.3 is 15.6 Å². The third-order valence-corrected chi connectivity index (χ3v) is 4.33. The Hall–Kier alpha value is -1.10. The first kappa shape index (κ1) is 15.3. The molecule has 4 nitrogen and oxygen atoms in total. The smallest absolute Gasteiger partial charge is 0.118 e. The van der Waals surface area contributed by atoms with Crippen molar-refractivity contribution in [1.82, 2.24) is 4.90 Å². The Morgan fingerprint density at radius 2 is 1.90 bits per heavy atom. The summed E-state index contributed by atoms with van der Waals surface area (Å²) in [5.41, 5.74) is 6.57. The number of aliphatic hydroxyl groups is 1. The topological polar surface area (TPSA) is 58.7 Å². The number of rotatable bonds is 6. The number of hydrogen-bond acceptors (Lipinski definition) is 4. The third kappa shape index (κ3) is 3.51. The Morgan fingerprint density at radius 3 is 2.40 bits per heavy atom. The molecule has 0 bridgehead atoms. The second-order valence-corrected chi connectivity index (χ2v) is 5.87. The molecule has 0 spiro atoms. The Bertz CT molecular complexity index is 413. The summed E-state index contributed by atoms with van der Waals surface area (Å²) in [6, 6.07) is 8.13. The van der Waals surface area contributed by atoms with Gasteiger partial charge in [0.1, 0.15) is 5.75 Å². The Balaban J connectivity index is 2.05. The lowest BCUT2D eigenvalue weighted by Crippen LogP contribution is -2.42. The minimum absolute atomic E-state index is 0.130. The van der Waals surface area contributed by atoms with Crippen molar-refractivity contribution < 1.29 is 9.84 Å². The van der Waals surface area contributed by atoms with Gasteiger partial charge in [0.2, 0.25) is 0 Å². The van der Waals surface area contributed by atoms with Gasteiger partial charge in [-0.2, -0.15) is 0 Å². The first-order valence-corrected chi connectivity index (χ1v) is 7.34. The van der Waals surface area contributed by atoms with Crippen molar-refractivity contribution >= 4 is 0 Å². The van der Waals surface area contributed by atoms with Crippen LogP contribution in [0.1, 0.15) is 37.3 Å². The van der Waals surface area contributed by atoms with E-state index in [2.05, 4.69) is 4.90 Å². The van der Waals surface area contributed by atoms with Crippen molar-refractivity contribution in [3.8, 4) is 5.75 Å². The van der Waals surface area contributed by atoms with Gasteiger partial charge >= 0.3 is 0 Å². The van der Waals surface area contributed by atoms with Crippen LogP contribution >= 0.6 is 0 Å². The average molecular weight is 278 g/mol. The number of methoxy groups -OCH3 is 1. The van der Waals surface area contributed by atoms with Crippen LogP contribution in [-0.4, -0.2) is 42.9 Å². The normalized spacial score (nSPS) is 19.2. The second-order valence-electron chi connectivity index (χ2n) is 5.87. The van der Waals surface area contributed by atoms with Crippen LogP contribution in [0.15, 0.2) is 24.3 Å². The molecule has 1 aromatic carbocycles. The van der Waals surface area contributed by atoms with Gasteiger partial charge in [-0.25, -0.2) is 0 Å². The van der Waals surface area contributed by atoms with Crippen molar-refractivity contribution in [2.24, 2.45) is 5.73 Å². The highest BCUT2D eigenvalue weighted by atomic mass is 16.5. The standard InChI is InChI=1S/C16H26N2O2/c1-18(12-16(19)9-3-4-10-16)15(11-17)13-5-7-14(20-2)8-6-13/h5-8,15,19H,3-4,9-12,17H2,1-2H3. The summed E-state index contributed by atoms with van der Waals surface area (Å²) in [7, 11) is 3.70. The Morgan fingerprint density at radius 1 is 1.30 bits per heavy atom. The number of hydrogen-bond donors (Lipinski definition) is 2. The van der Waals surface area contributed by atoms with Crippen molar-refractivity contribution in [1.29, 1.82) is 0 Å². The Kier molecular flexibility index (Phi) is 5.02. The molecule has 0 aliphatic heterocycles. The molecule has 0 aromatic heterocycles. The number of nitrogens with two attached hydrogens (primary N) is 1. The summed E-state index contributed by atoms with van der Waals surface area (Å²) < 4.78 is 5.18. The quantitative estimate of drug-likeness (QED) is 0.835. The van der Waals surface area contributed by atoms with Crippen molar-refractivity contribution in [2.75, 3.05) is 27.2 Å². The van der Waals surface area contributed by atoms with E-state index in [4.69, 9.17) is 10.5 Å². The zero-order valence-electron chi connectivity index (χ0n) is 12.5. The van der Waals surface area contributed by atoms with Gasteiger partial charge in [-0.3, -0.25) is 4.90 Å². The summed E-state index contributed by atoms with van der Waals surface area (Å²) in [5.74, 6) is 0.849. The van der Waals surface area contributed by atoms with Crippen molar-refractivity contribution in [3.63, 3.8) is 0 Å². The van der Waals surface area contributed by atoms with Gasteiger partial charge in [0.15, 0.2) is 0 Å². The molecule has 1 saturated carbocycles. The maximum absolute atomic E-state index is 10.5. The first-order valence-electron chi connectivity index (χ1n) is 7.34. The largest absolute Gasteiger partial charge is 0.497 e. The summed E-state index contributed by atoms with van der Waals surface area (Å²) in [4.78, 5) is 2.17. The van der Waals surface area contributed by atoms with E-state index in [1.165, 1.54) is 0 Å². The van der Waals surface area contributed by atoms with Crippen LogP contribution in [-0.2, 0) is 0 Å². The third-order valence-electron chi connectivity index (χ3n) is 4.33. The molecule has 20 heavy (non-hydrogen) atoms. The van der Waals surface area contributed by atoms with E-state index in [1.54, 1.807) is 7.11 Å². The fourth-order valence-electron chi connectivity index (χ4n) is 3.16. The van der Waals surface area contributed by atoms with Gasteiger partial charge in [-0.1, -0.05) is 25.0 Å². The van der Waals surface area contributed by atoms with Gasteiger partial charge in [0.25, 0.3) is 0 Å². The predicted molar refractivity (Wildman–Crippen MR) is 80.8 cm³/mol. The highest BCUT2D eigenvalue weighted by Gasteiger charge is 2.33. The molecule has 112 valence electrons. The highest BCUT2D eigenvalue weighted by molar-refractivity contribution is 5.29. The van der Waals surface area contributed by atoms with E-state index < -0.39 is 5.60 Å². The van der Waals surface area contributed by atoms with E-state index in [9.17, 15) is 5.11 Å². The average Bonchev–Trinajstić information content (AvgIpc) is 2.86. The molecule has 0 radical (unpaired) electrons. The summed E-state index contributed by atoms with van der Waals surface area (Å²) >= 11 is 0. The summed E-state index contributed by atoms with van der Waals surface area (Å²) in [5, 5.41) is 10.5. The van der Waals surface area contributed by atoms with E-state index in [1.807, 2.05) is 31.3 Å². The molecule has 0 amide bonds. The predicted octanol–water partition coefficient (Wildman–Crippen LogP) is 1.93. The van der Waals surface area contributed by atoms with Crippen LogP contribution in [0, 0.1) is 0 Å². The van der Waals surface area contributed by atoms with Crippen LogP contribution in [0.5, 0.6) is 5.75 Å². The number of nitrogens with zero attached hydrogens (tertiary/aromatic N) is 1. The van der Waals surface area contributed by atoms with E-state index in [-0.39, 0.29) is 6.04 Å². The molecule has 1 aromatic rings. The fourth-order valence-corrected chi connectivity index (χ4v) is 3.16. The molecular weight excluding hydrogens is 252 g/mol. The monoisotopic (exact) mass is 278 g/mol. The molecule has 3 N–H and O–H groups in total. The number of likely N-dealkylation sites (N-methyl/N-ethyl adjacent to an activating group) is 1. The van der Waals surface area contributed by atoms with Crippen LogP contribution in [0.3, 0.4) is 0 Å². The maximum atomic E-state index is 10.5. The lowest BCUT2D eigenvalue weighted by Gasteiger charge is -2.34. The molecule has 1 fully saturated rings. The van der Waals surface area contributed by atoms with E-state index >= 15 is 0 Å². The Labute approximate surface area is 121 Å². The van der Waals surface area contributed by atoms with Crippen molar-refractivity contribution in [2.45, 2.75) is 37.3 Å². The van der Waals surface area contributed by atoms with Crippen LogP contribution in [0.4, 0.5) is 0 Å². The molecule has 0 heterocycles. The summed E-state index contributed by atoms with van der Waals surface area (Å²) in [6.45, 7) is 1.22. The minimum Gasteiger partial charge on any atom is -0.497 e. The van der Waals surface area contributed by atoms with Crippen molar-refractivity contribution in [3.05, 3.63) is 29.8 Å². The van der Waals surface area contributed by atoms with E-state index in [0.29, 0.717) is 13.1 Å². The van der Waals surface area contributed by atoms with Gasteiger partial charge in [0.05, 0.1) is 12.7 Å². The molecule has 4 heteroatoms. The minimum atomic E-state index is -0.533. The van der Waals surface area contributed by atoms with Gasteiger partial charge in [-0.15, -0.1) is 0 Å². The molecule has 1 aliphatic carbocycles. The molecule has 1 aliphatic rings. The molecule has 0 saturated heterocycles. The zero-order valence-corrected chi connectivity index (χ0v) is 12.5. The first-order chi connectivity index (χ1) is 9.58. The van der Waals surface area contributed by atoms with Crippen LogP contribution < -0.4 is 10.5 Å². The summed E-state index contributed by atoms with van der Waals surface area (Å²) in [6.07, 6.45) is 4.05. The lowest BCUT2D eigenvalue weighted by atomic mass is 9.99. The van der Waals surface area contributed by atoms with Gasteiger partial charge in [0, 0.05) is 19.1 Å². The SMILES string of the molecule is COc1ccc(C(CN)N(C)CC2(O)CCCC2)cc1. The molecule has 1 atom stereocenters. The zero-order chi connectivity index (χ0) is 14.6. The fraction of sp³-hybridized carbons (Fsp3) is 0.625. The maximum Gasteiger partial charge on any atom is 0.118 e. The highest BCUT2D eigenvalue weighted by Crippen LogP contribution is 2.32. The van der Waals surface area contributed by atoms with E-state index in [0.717, 1.165) is 37.0 Å². The van der Waals surface area contributed by atoms with Gasteiger partial charge in [-0.05, 0) is 37.6 Å². The van der Waals surface area contributed by atoms with Crippen LogP contribution in [0.2, 0.25) is 0 Å². The number of benzene rings is 1. The molecular formula is C16H26N2O2. The molecule has 2 rings (SSSR count). The second kappa shape index (κ2) is 6.57. The number of ether oxygens (including phenoxy) is 1. The lowest BCUT2D eigenvalue weighted by molar-refractivity contribution is 0.00592. The van der Waals surface area contributed by atoms with Crippen LogP contribution in [0.25, 0.3) is 0 Å². The molecule has 1 unspecified atom stereocenters.